The fraction of sp³-hybridized carbons (Fsp3) is 0.308. The molecular formula is C13H14IN3. The summed E-state index contributed by atoms with van der Waals surface area (Å²) >= 11 is 2.43. The van der Waals surface area contributed by atoms with Crippen LogP contribution in [0.1, 0.15) is 11.1 Å². The van der Waals surface area contributed by atoms with Crippen molar-refractivity contribution >= 4 is 28.3 Å². The van der Waals surface area contributed by atoms with Crippen LogP contribution in [-0.4, -0.2) is 16.3 Å². The van der Waals surface area contributed by atoms with Gasteiger partial charge in [-0.15, -0.1) is 0 Å². The highest BCUT2D eigenvalue weighted by Crippen LogP contribution is 2.26. The zero-order chi connectivity index (χ0) is 11.8. The van der Waals surface area contributed by atoms with Gasteiger partial charge in [0.15, 0.2) is 0 Å². The molecule has 0 atom stereocenters. The number of hydrogen-bond acceptors (Lipinski definition) is 2. The smallest absolute Gasteiger partial charge is 0.0755 e. The van der Waals surface area contributed by atoms with Gasteiger partial charge in [-0.25, -0.2) is 0 Å². The Balaban J connectivity index is 1.90. The van der Waals surface area contributed by atoms with Crippen LogP contribution in [0, 0.1) is 3.57 Å². The number of halogens is 1. The van der Waals surface area contributed by atoms with Crippen LogP contribution in [0.25, 0.3) is 0 Å². The highest BCUT2D eigenvalue weighted by atomic mass is 127. The molecule has 3 nitrogen and oxygen atoms in total. The molecule has 1 aliphatic rings. The molecule has 88 valence electrons. The minimum absolute atomic E-state index is 0.998. The van der Waals surface area contributed by atoms with Gasteiger partial charge in [0.25, 0.3) is 0 Å². The largest absolute Gasteiger partial charge is 0.364 e. The fourth-order valence-electron chi connectivity index (χ4n) is 2.35. The quantitative estimate of drug-likeness (QED) is 0.745. The van der Waals surface area contributed by atoms with Crippen LogP contribution in [0.3, 0.4) is 0 Å². The van der Waals surface area contributed by atoms with E-state index in [1.54, 1.807) is 0 Å². The lowest BCUT2D eigenvalue weighted by atomic mass is 10.00. The molecule has 1 aliphatic heterocycles. The van der Waals surface area contributed by atoms with Crippen molar-refractivity contribution < 1.29 is 0 Å². The van der Waals surface area contributed by atoms with E-state index in [-0.39, 0.29) is 0 Å². The average molecular weight is 339 g/mol. The minimum Gasteiger partial charge on any atom is -0.364 e. The molecular weight excluding hydrogens is 325 g/mol. The van der Waals surface area contributed by atoms with Gasteiger partial charge in [0.2, 0.25) is 0 Å². The van der Waals surface area contributed by atoms with Gasteiger partial charge in [-0.05, 0) is 46.2 Å². The third-order valence-corrected chi connectivity index (χ3v) is 4.28. The van der Waals surface area contributed by atoms with Gasteiger partial charge in [0.05, 0.1) is 11.9 Å². The van der Waals surface area contributed by atoms with E-state index in [2.05, 4.69) is 57.0 Å². The predicted molar refractivity (Wildman–Crippen MR) is 77.1 cm³/mol. The molecule has 0 unspecified atom stereocenters. The third-order valence-electron chi connectivity index (χ3n) is 3.27. The highest BCUT2D eigenvalue weighted by molar-refractivity contribution is 14.1. The zero-order valence-corrected chi connectivity index (χ0v) is 11.9. The molecule has 1 aromatic heterocycles. The van der Waals surface area contributed by atoms with Gasteiger partial charge in [0.1, 0.15) is 0 Å². The van der Waals surface area contributed by atoms with Gasteiger partial charge in [-0.2, -0.15) is 5.10 Å². The van der Waals surface area contributed by atoms with E-state index in [0.29, 0.717) is 0 Å². The summed E-state index contributed by atoms with van der Waals surface area (Å²) < 4.78 is 3.26. The molecule has 0 aliphatic carbocycles. The van der Waals surface area contributed by atoms with Gasteiger partial charge >= 0.3 is 0 Å². The number of fused-ring (bicyclic) bond motifs is 1. The molecule has 0 saturated heterocycles. The summed E-state index contributed by atoms with van der Waals surface area (Å²) in [4.78, 5) is 2.39. The maximum absolute atomic E-state index is 4.24. The summed E-state index contributed by atoms with van der Waals surface area (Å²) in [5, 5.41) is 4.24. The maximum atomic E-state index is 4.24. The summed E-state index contributed by atoms with van der Waals surface area (Å²) in [6, 6.07) is 6.58. The van der Waals surface area contributed by atoms with E-state index >= 15 is 0 Å². The molecule has 0 radical (unpaired) electrons. The predicted octanol–water partition coefficient (Wildman–Crippen LogP) is 2.59. The van der Waals surface area contributed by atoms with E-state index in [1.807, 2.05) is 17.9 Å². The Labute approximate surface area is 115 Å². The van der Waals surface area contributed by atoms with E-state index in [9.17, 15) is 0 Å². The highest BCUT2D eigenvalue weighted by Gasteiger charge is 2.18. The number of aromatic nitrogens is 2. The van der Waals surface area contributed by atoms with Crippen LogP contribution in [0.4, 0.5) is 5.69 Å². The Kier molecular flexibility index (Phi) is 2.82. The van der Waals surface area contributed by atoms with Crippen LogP contribution < -0.4 is 4.90 Å². The Morgan fingerprint density at radius 3 is 3.00 bits per heavy atom. The summed E-state index contributed by atoms with van der Waals surface area (Å²) in [7, 11) is 1.96. The maximum Gasteiger partial charge on any atom is 0.0755 e. The van der Waals surface area contributed by atoms with Crippen molar-refractivity contribution in [3.63, 3.8) is 0 Å². The zero-order valence-electron chi connectivity index (χ0n) is 9.73. The van der Waals surface area contributed by atoms with Crippen molar-refractivity contribution in [3.05, 3.63) is 45.3 Å². The van der Waals surface area contributed by atoms with Crippen molar-refractivity contribution in [2.75, 3.05) is 11.4 Å². The fourth-order valence-corrected chi connectivity index (χ4v) is 3.18. The first-order valence-corrected chi connectivity index (χ1v) is 6.82. The van der Waals surface area contributed by atoms with E-state index in [0.717, 1.165) is 19.5 Å². The van der Waals surface area contributed by atoms with Gasteiger partial charge in [-0.3, -0.25) is 4.68 Å². The first-order chi connectivity index (χ1) is 8.24. The number of rotatable bonds is 1. The Hall–Kier alpha value is -1.04. The Bertz CT molecular complexity index is 547. The van der Waals surface area contributed by atoms with Crippen molar-refractivity contribution in [3.8, 4) is 0 Å². The molecule has 0 saturated carbocycles. The van der Waals surface area contributed by atoms with Crippen LogP contribution in [0.5, 0.6) is 0 Å². The average Bonchev–Trinajstić information content (AvgIpc) is 2.76. The molecule has 0 fully saturated rings. The van der Waals surface area contributed by atoms with Gasteiger partial charge in [0, 0.05) is 29.9 Å². The molecule has 17 heavy (non-hydrogen) atoms. The van der Waals surface area contributed by atoms with Crippen molar-refractivity contribution in [1.29, 1.82) is 0 Å². The number of hydrogen-bond donors (Lipinski definition) is 0. The van der Waals surface area contributed by atoms with E-state index < -0.39 is 0 Å². The number of anilines is 1. The van der Waals surface area contributed by atoms with Crippen LogP contribution in [0.2, 0.25) is 0 Å². The summed E-state index contributed by atoms with van der Waals surface area (Å²) in [6.07, 6.45) is 5.15. The summed E-state index contributed by atoms with van der Waals surface area (Å²) in [5.41, 5.74) is 4.19. The van der Waals surface area contributed by atoms with E-state index in [1.165, 1.54) is 20.4 Å². The molecule has 0 amide bonds. The molecule has 0 spiro atoms. The Morgan fingerprint density at radius 2 is 2.24 bits per heavy atom. The molecule has 3 rings (SSSR count). The van der Waals surface area contributed by atoms with Crippen molar-refractivity contribution in [2.45, 2.75) is 13.0 Å². The molecule has 1 aromatic carbocycles. The second-order valence-electron chi connectivity index (χ2n) is 4.42. The van der Waals surface area contributed by atoms with Gasteiger partial charge < -0.3 is 4.90 Å². The lowest BCUT2D eigenvalue weighted by Gasteiger charge is -2.30. The SMILES string of the molecule is Cn1cc(N2CCc3c(I)cccc3C2)cn1. The first kappa shape index (κ1) is 11.1. The lowest BCUT2D eigenvalue weighted by Crippen LogP contribution is -2.30. The van der Waals surface area contributed by atoms with Crippen molar-refractivity contribution in [1.82, 2.24) is 9.78 Å². The van der Waals surface area contributed by atoms with Crippen molar-refractivity contribution in [2.24, 2.45) is 7.05 Å². The molecule has 2 heterocycles. The minimum atomic E-state index is 0.998. The summed E-state index contributed by atoms with van der Waals surface area (Å²) in [6.45, 7) is 2.08. The lowest BCUT2D eigenvalue weighted by molar-refractivity contribution is 0.726. The topological polar surface area (TPSA) is 21.1 Å². The third kappa shape index (κ3) is 2.06. The number of nitrogens with zero attached hydrogens (tertiary/aromatic N) is 3. The number of benzene rings is 1. The van der Waals surface area contributed by atoms with Crippen LogP contribution in [0.15, 0.2) is 30.6 Å². The second kappa shape index (κ2) is 4.33. The molecule has 4 heteroatoms. The molecule has 0 N–H and O–H groups in total. The first-order valence-electron chi connectivity index (χ1n) is 5.74. The molecule has 2 aromatic rings. The molecule has 0 bridgehead atoms. The van der Waals surface area contributed by atoms with E-state index in [4.69, 9.17) is 0 Å². The van der Waals surface area contributed by atoms with Gasteiger partial charge in [-0.1, -0.05) is 12.1 Å². The number of aryl methyl sites for hydroxylation is 1. The van der Waals surface area contributed by atoms with Crippen LogP contribution in [-0.2, 0) is 20.0 Å². The van der Waals surface area contributed by atoms with Crippen LogP contribution >= 0.6 is 22.6 Å². The normalized spacial score (nSPS) is 14.8. The Morgan fingerprint density at radius 1 is 1.35 bits per heavy atom. The monoisotopic (exact) mass is 339 g/mol. The second-order valence-corrected chi connectivity index (χ2v) is 5.58. The standard InChI is InChI=1S/C13H14IN3/c1-16-9-11(7-15-16)17-6-5-12-10(8-17)3-2-4-13(12)14/h2-4,7,9H,5-6,8H2,1H3. The summed E-state index contributed by atoms with van der Waals surface area (Å²) in [5.74, 6) is 0.